The average Bonchev–Trinajstić information content (AvgIpc) is 2.47. The first kappa shape index (κ1) is 14.1. The third kappa shape index (κ3) is 3.18. The Balaban J connectivity index is 2.30. The summed E-state index contributed by atoms with van der Waals surface area (Å²) in [6.45, 7) is 0. The van der Waals surface area contributed by atoms with Crippen molar-refractivity contribution in [2.75, 3.05) is 0 Å². The van der Waals surface area contributed by atoms with Crippen LogP contribution in [0.3, 0.4) is 0 Å². The number of nitrogens with two attached hydrogens (primary N) is 1. The summed E-state index contributed by atoms with van der Waals surface area (Å²) in [6, 6.07) is 2.78. The van der Waals surface area contributed by atoms with Crippen LogP contribution in [0.2, 0.25) is 0 Å². The molecule has 0 saturated carbocycles. The van der Waals surface area contributed by atoms with Crippen LogP contribution in [-0.4, -0.2) is 25.9 Å². The molecule has 108 valence electrons. The monoisotopic (exact) mass is 293 g/mol. The van der Waals surface area contributed by atoms with Crippen molar-refractivity contribution in [1.82, 2.24) is 9.97 Å². The van der Waals surface area contributed by atoms with E-state index >= 15 is 0 Å². The van der Waals surface area contributed by atoms with Gasteiger partial charge in [-0.05, 0) is 6.07 Å². The Morgan fingerprint density at radius 1 is 1.43 bits per heavy atom. The highest BCUT2D eigenvalue weighted by Gasteiger charge is 2.17. The van der Waals surface area contributed by atoms with Crippen molar-refractivity contribution in [3.8, 4) is 11.6 Å². The first-order valence-electron chi connectivity index (χ1n) is 5.43. The molecule has 10 heteroatoms. The van der Waals surface area contributed by atoms with E-state index in [0.29, 0.717) is 0 Å². The van der Waals surface area contributed by atoms with Crippen molar-refractivity contribution in [3.63, 3.8) is 0 Å². The van der Waals surface area contributed by atoms with Crippen LogP contribution >= 0.6 is 0 Å². The summed E-state index contributed by atoms with van der Waals surface area (Å²) >= 11 is 0. The van der Waals surface area contributed by atoms with Gasteiger partial charge in [-0.2, -0.15) is 0 Å². The van der Waals surface area contributed by atoms with Crippen LogP contribution in [0, 0.1) is 15.9 Å². The fourth-order valence-electron chi connectivity index (χ4n) is 1.39. The third-order valence-corrected chi connectivity index (χ3v) is 2.33. The van der Waals surface area contributed by atoms with E-state index in [1.54, 1.807) is 0 Å². The van der Waals surface area contributed by atoms with Gasteiger partial charge in [-0.3, -0.25) is 10.1 Å². The van der Waals surface area contributed by atoms with Crippen molar-refractivity contribution < 1.29 is 19.3 Å². The quantitative estimate of drug-likeness (QED) is 0.286. The van der Waals surface area contributed by atoms with Crippen LogP contribution in [-0.2, 0) is 0 Å². The van der Waals surface area contributed by atoms with Crippen LogP contribution < -0.4 is 10.5 Å². The number of ether oxygens (including phenoxy) is 1. The molecule has 0 radical (unpaired) electrons. The molecular formula is C11H8FN5O4. The van der Waals surface area contributed by atoms with Gasteiger partial charge >= 0.3 is 5.69 Å². The molecule has 0 unspecified atom stereocenters. The number of hydrogen-bond donors (Lipinski definition) is 2. The highest BCUT2D eigenvalue weighted by Crippen LogP contribution is 2.30. The Labute approximate surface area is 116 Å². The lowest BCUT2D eigenvalue weighted by atomic mass is 10.3. The van der Waals surface area contributed by atoms with Gasteiger partial charge in [0.2, 0.25) is 11.6 Å². The van der Waals surface area contributed by atoms with Gasteiger partial charge in [-0.15, -0.1) is 0 Å². The largest absolute Gasteiger partial charge is 0.430 e. The van der Waals surface area contributed by atoms with Gasteiger partial charge in [0.05, 0.1) is 17.3 Å². The molecule has 0 amide bonds. The Bertz CT molecular complexity index is 704. The van der Waals surface area contributed by atoms with E-state index in [1.165, 1.54) is 0 Å². The second-order valence-corrected chi connectivity index (χ2v) is 3.70. The van der Waals surface area contributed by atoms with Crippen LogP contribution in [0.15, 0.2) is 35.7 Å². The molecule has 3 N–H and O–H groups in total. The second kappa shape index (κ2) is 5.77. The van der Waals surface area contributed by atoms with E-state index in [4.69, 9.17) is 15.7 Å². The van der Waals surface area contributed by atoms with E-state index in [1.807, 2.05) is 0 Å². The van der Waals surface area contributed by atoms with Gasteiger partial charge < -0.3 is 15.7 Å². The highest BCUT2D eigenvalue weighted by molar-refractivity contribution is 5.94. The normalized spacial score (nSPS) is 11.2. The molecular weight excluding hydrogens is 285 g/mol. The molecule has 0 atom stereocenters. The third-order valence-electron chi connectivity index (χ3n) is 2.33. The zero-order chi connectivity index (χ0) is 15.4. The molecule has 9 nitrogen and oxygen atoms in total. The lowest BCUT2D eigenvalue weighted by Crippen LogP contribution is -2.15. The number of nitro benzene ring substituents is 1. The smallest absolute Gasteiger partial charge is 0.311 e. The van der Waals surface area contributed by atoms with E-state index in [9.17, 15) is 14.5 Å². The summed E-state index contributed by atoms with van der Waals surface area (Å²) in [7, 11) is 0. The average molecular weight is 293 g/mol. The maximum atomic E-state index is 13.1. The molecule has 0 aliphatic rings. The first-order valence-corrected chi connectivity index (χ1v) is 5.43. The zero-order valence-corrected chi connectivity index (χ0v) is 10.3. The molecule has 0 aliphatic heterocycles. The Morgan fingerprint density at radius 2 is 2.19 bits per heavy atom. The van der Waals surface area contributed by atoms with Gasteiger partial charge in [0.15, 0.2) is 5.84 Å². The zero-order valence-electron chi connectivity index (χ0n) is 10.3. The lowest BCUT2D eigenvalue weighted by Gasteiger charge is -2.05. The van der Waals surface area contributed by atoms with E-state index in [0.717, 1.165) is 30.6 Å². The number of hydrogen-bond acceptors (Lipinski definition) is 7. The molecule has 2 rings (SSSR count). The molecule has 2 aromatic rings. The predicted octanol–water partition coefficient (Wildman–Crippen LogP) is 1.41. The highest BCUT2D eigenvalue weighted by atomic mass is 19.1. The van der Waals surface area contributed by atoms with Crippen LogP contribution in [0.5, 0.6) is 11.6 Å². The van der Waals surface area contributed by atoms with Crippen LogP contribution in [0.1, 0.15) is 5.69 Å². The number of nitrogens with zero attached hydrogens (tertiary/aromatic N) is 4. The van der Waals surface area contributed by atoms with Crippen LogP contribution in [0.25, 0.3) is 0 Å². The minimum Gasteiger partial charge on any atom is -0.430 e. The minimum absolute atomic E-state index is 0.0820. The number of oxime groups is 1. The fourth-order valence-corrected chi connectivity index (χ4v) is 1.39. The molecule has 1 heterocycles. The summed E-state index contributed by atoms with van der Waals surface area (Å²) < 4.78 is 18.3. The summed E-state index contributed by atoms with van der Waals surface area (Å²) in [4.78, 5) is 17.6. The molecule has 1 aromatic carbocycles. The maximum Gasteiger partial charge on any atom is 0.311 e. The molecule has 21 heavy (non-hydrogen) atoms. The standard InChI is InChI=1S/C11H8FN5O4/c12-6-1-2-8(17(19)20)9(3-6)21-10-5-14-7(4-15-10)11(13)16-18/h1-5,18H,(H2,13,16). The predicted molar refractivity (Wildman–Crippen MR) is 67.7 cm³/mol. The van der Waals surface area contributed by atoms with Gasteiger partial charge in [0, 0.05) is 12.1 Å². The summed E-state index contributed by atoms with van der Waals surface area (Å²) in [5.41, 5.74) is 4.96. The van der Waals surface area contributed by atoms with Crippen LogP contribution in [0.4, 0.5) is 10.1 Å². The number of rotatable bonds is 4. The minimum atomic E-state index is -0.715. The van der Waals surface area contributed by atoms with E-state index < -0.39 is 16.4 Å². The van der Waals surface area contributed by atoms with Crippen molar-refractivity contribution >= 4 is 11.5 Å². The summed E-state index contributed by atoms with van der Waals surface area (Å²) in [5.74, 6) is -1.38. The molecule has 0 bridgehead atoms. The number of amidine groups is 1. The lowest BCUT2D eigenvalue weighted by molar-refractivity contribution is -0.385. The topological polar surface area (TPSA) is 137 Å². The fraction of sp³-hybridized carbons (Fsp3) is 0. The first-order chi connectivity index (χ1) is 10.0. The maximum absolute atomic E-state index is 13.1. The molecule has 0 saturated heterocycles. The van der Waals surface area contributed by atoms with E-state index in [-0.39, 0.29) is 23.2 Å². The second-order valence-electron chi connectivity index (χ2n) is 3.70. The Kier molecular flexibility index (Phi) is 3.88. The number of halogens is 1. The SMILES string of the molecule is NC(=NO)c1cnc(Oc2cc(F)ccc2[N+](=O)[O-])cn1. The number of aromatic nitrogens is 2. The van der Waals surface area contributed by atoms with Gasteiger partial charge in [0.25, 0.3) is 0 Å². The molecule has 0 fully saturated rings. The van der Waals surface area contributed by atoms with Crippen molar-refractivity contribution in [1.29, 1.82) is 0 Å². The molecule has 0 spiro atoms. The molecule has 0 aliphatic carbocycles. The Morgan fingerprint density at radius 3 is 2.76 bits per heavy atom. The molecule has 1 aromatic heterocycles. The van der Waals surface area contributed by atoms with E-state index in [2.05, 4.69) is 15.1 Å². The number of benzene rings is 1. The van der Waals surface area contributed by atoms with Crippen molar-refractivity contribution in [2.24, 2.45) is 10.9 Å². The Hall–Kier alpha value is -3.30. The van der Waals surface area contributed by atoms with Crippen molar-refractivity contribution in [3.05, 3.63) is 52.2 Å². The van der Waals surface area contributed by atoms with Gasteiger partial charge in [-0.25, -0.2) is 14.4 Å². The van der Waals surface area contributed by atoms with Gasteiger partial charge in [0.1, 0.15) is 11.5 Å². The summed E-state index contributed by atoms with van der Waals surface area (Å²) in [5, 5.41) is 22.0. The summed E-state index contributed by atoms with van der Waals surface area (Å²) in [6.07, 6.45) is 2.23. The van der Waals surface area contributed by atoms with Gasteiger partial charge in [-0.1, -0.05) is 5.16 Å². The number of nitro groups is 1. The van der Waals surface area contributed by atoms with Crippen molar-refractivity contribution in [2.45, 2.75) is 0 Å².